The van der Waals surface area contributed by atoms with Crippen molar-refractivity contribution < 1.29 is 31.2 Å². The maximum Gasteiger partial charge on any atom is 0.255 e. The number of rotatable bonds is 6. The Balaban J connectivity index is 1.26. The molecule has 1 amide bonds. The van der Waals surface area contributed by atoms with Gasteiger partial charge in [-0.3, -0.25) is 9.63 Å². The highest BCUT2D eigenvalue weighted by molar-refractivity contribution is 7.92. The fourth-order valence-corrected chi connectivity index (χ4v) is 10.0. The van der Waals surface area contributed by atoms with Crippen molar-refractivity contribution in [3.63, 3.8) is 0 Å². The topological polar surface area (TPSA) is 75.7 Å². The average Bonchev–Trinajstić information content (AvgIpc) is 3.41. The number of benzene rings is 3. The lowest BCUT2D eigenvalue weighted by molar-refractivity contribution is -0.185. The highest BCUT2D eigenvalue weighted by Crippen LogP contribution is 2.57. The van der Waals surface area contributed by atoms with E-state index in [1.807, 2.05) is 18.2 Å². The number of amides is 1. The van der Waals surface area contributed by atoms with E-state index in [2.05, 4.69) is 29.4 Å². The van der Waals surface area contributed by atoms with Crippen molar-refractivity contribution in [2.75, 3.05) is 11.9 Å². The van der Waals surface area contributed by atoms with E-state index in [-0.39, 0.29) is 44.5 Å². The van der Waals surface area contributed by atoms with Crippen LogP contribution in [0.15, 0.2) is 65.6 Å². The first-order valence-electron chi connectivity index (χ1n) is 13.9. The number of nitrogens with one attached hydrogen (secondary N) is 1. The van der Waals surface area contributed by atoms with Crippen LogP contribution in [0.4, 0.5) is 18.9 Å². The molecule has 4 unspecified atom stereocenters. The fourth-order valence-electron chi connectivity index (χ4n) is 7.21. The first kappa shape index (κ1) is 29.2. The molecule has 2 bridgehead atoms. The van der Waals surface area contributed by atoms with Gasteiger partial charge in [-0.15, -0.1) is 0 Å². The molecule has 3 aliphatic rings. The van der Waals surface area contributed by atoms with Crippen LogP contribution in [0.5, 0.6) is 0 Å². The molecule has 1 N–H and O–H groups in total. The second kappa shape index (κ2) is 11.0. The van der Waals surface area contributed by atoms with E-state index in [9.17, 15) is 26.4 Å². The maximum atomic E-state index is 14.2. The molecule has 0 radical (unpaired) electrons. The Morgan fingerprint density at radius 3 is 2.31 bits per heavy atom. The van der Waals surface area contributed by atoms with E-state index >= 15 is 0 Å². The van der Waals surface area contributed by atoms with Gasteiger partial charge in [0.15, 0.2) is 27.3 Å². The zero-order chi connectivity index (χ0) is 29.8. The molecule has 3 aromatic rings. The van der Waals surface area contributed by atoms with Gasteiger partial charge in [-0.05, 0) is 61.3 Å². The van der Waals surface area contributed by atoms with Crippen molar-refractivity contribution in [2.24, 2.45) is 17.8 Å². The highest BCUT2D eigenvalue weighted by atomic mass is 35.5. The normalized spacial score (nSPS) is 27.5. The molecule has 1 saturated heterocycles. The molecule has 1 heterocycles. The Labute approximate surface area is 247 Å². The number of carbonyl (C=O) groups excluding carboxylic acids is 1. The van der Waals surface area contributed by atoms with Crippen LogP contribution in [0.2, 0.25) is 5.02 Å². The second-order valence-corrected chi connectivity index (χ2v) is 14.2. The molecule has 42 heavy (non-hydrogen) atoms. The van der Waals surface area contributed by atoms with Crippen molar-refractivity contribution in [1.29, 1.82) is 0 Å². The smallest absolute Gasteiger partial charge is 0.255 e. The van der Waals surface area contributed by atoms with Crippen LogP contribution < -0.4 is 5.32 Å². The average molecular weight is 619 g/mol. The van der Waals surface area contributed by atoms with Gasteiger partial charge >= 0.3 is 0 Å². The molecular weight excluding hydrogens is 589 g/mol. The molecule has 6 rings (SSSR count). The van der Waals surface area contributed by atoms with E-state index in [0.29, 0.717) is 38.1 Å². The first-order chi connectivity index (χ1) is 20.0. The van der Waals surface area contributed by atoms with Crippen LogP contribution in [0, 0.1) is 35.2 Å². The number of hydroxylamine groups is 2. The van der Waals surface area contributed by atoms with Gasteiger partial charge < -0.3 is 5.32 Å². The second-order valence-electron chi connectivity index (χ2n) is 11.7. The zero-order valence-corrected chi connectivity index (χ0v) is 24.4. The van der Waals surface area contributed by atoms with Gasteiger partial charge in [0.1, 0.15) is 0 Å². The summed E-state index contributed by atoms with van der Waals surface area (Å²) in [6.45, 7) is 3.36. The van der Waals surface area contributed by atoms with Crippen molar-refractivity contribution in [2.45, 2.75) is 54.8 Å². The molecule has 0 aromatic heterocycles. The largest absolute Gasteiger partial charge is 0.322 e. The molecule has 3 fully saturated rings. The Bertz CT molecular complexity index is 1600. The molecule has 1 spiro atoms. The number of sulfone groups is 1. The van der Waals surface area contributed by atoms with Gasteiger partial charge in [0.05, 0.1) is 27.3 Å². The molecule has 2 aliphatic carbocycles. The van der Waals surface area contributed by atoms with E-state index in [1.165, 1.54) is 18.2 Å². The maximum absolute atomic E-state index is 14.2. The molecular formula is C31H30ClF3N2O4S. The van der Waals surface area contributed by atoms with E-state index < -0.39 is 38.4 Å². The van der Waals surface area contributed by atoms with Crippen molar-refractivity contribution in [3.8, 4) is 0 Å². The summed E-state index contributed by atoms with van der Waals surface area (Å²) in [6.07, 6.45) is 2.87. The van der Waals surface area contributed by atoms with Gasteiger partial charge in [-0.2, -0.15) is 5.06 Å². The summed E-state index contributed by atoms with van der Waals surface area (Å²) in [5, 5.41) is 3.70. The minimum Gasteiger partial charge on any atom is -0.322 e. The quantitative estimate of drug-likeness (QED) is 0.308. The predicted molar refractivity (Wildman–Crippen MR) is 152 cm³/mol. The summed E-state index contributed by atoms with van der Waals surface area (Å²) in [5.41, 5.74) is 0.480. The highest BCUT2D eigenvalue weighted by Gasteiger charge is 2.60. The summed E-state index contributed by atoms with van der Waals surface area (Å²) >= 11 is 6.42. The standard InChI is InChI=1S/C31H30ClF3N2O4S/c1-18-17-41-37(16-19-5-3-2-4-6-19)31(18)14-21-7-8-22(15-31)29(21)42(39,40)27-11-20(9-10-24(27)32)30(38)36-23-12-25(33)28(35)26(34)13-23/h2-6,9-13,18,21-22,29H,7-8,14-17H2,1H3,(H,36,38)/t18?,21-,22?,29?,31?/m0/s1. The number of anilines is 1. The number of fused-ring (bicyclic) bond motifs is 2. The number of halogens is 4. The van der Waals surface area contributed by atoms with E-state index in [4.69, 9.17) is 16.4 Å². The number of carbonyl (C=O) groups is 1. The molecule has 222 valence electrons. The van der Waals surface area contributed by atoms with Gasteiger partial charge in [0.2, 0.25) is 0 Å². The summed E-state index contributed by atoms with van der Waals surface area (Å²) in [7, 11) is -3.96. The Hall–Kier alpha value is -2.92. The zero-order valence-electron chi connectivity index (χ0n) is 22.8. The third kappa shape index (κ3) is 5.02. The summed E-state index contributed by atoms with van der Waals surface area (Å²) in [5.74, 6) is -5.39. The Morgan fingerprint density at radius 2 is 1.67 bits per heavy atom. The number of hydrogen-bond donors (Lipinski definition) is 1. The number of nitrogens with zero attached hydrogens (tertiary/aromatic N) is 1. The van der Waals surface area contributed by atoms with Crippen molar-refractivity contribution in [3.05, 3.63) is 94.3 Å². The van der Waals surface area contributed by atoms with Crippen LogP contribution in [-0.4, -0.2) is 36.8 Å². The predicted octanol–water partition coefficient (Wildman–Crippen LogP) is 6.79. The minimum absolute atomic E-state index is 0.00613. The first-order valence-corrected chi connectivity index (χ1v) is 15.9. The molecule has 2 saturated carbocycles. The van der Waals surface area contributed by atoms with E-state index in [0.717, 1.165) is 18.4 Å². The SMILES string of the molecule is CC1CON(Cc2ccccc2)C12CC1CC[C@@H](C2)C1S(=O)(=O)c1cc(C(=O)Nc2cc(F)c(F)c(F)c2)ccc1Cl. The van der Waals surface area contributed by atoms with Crippen LogP contribution in [0.25, 0.3) is 0 Å². The lowest BCUT2D eigenvalue weighted by Crippen LogP contribution is -2.55. The van der Waals surface area contributed by atoms with Crippen LogP contribution in [-0.2, 0) is 21.2 Å². The summed E-state index contributed by atoms with van der Waals surface area (Å²) in [4.78, 5) is 18.9. The van der Waals surface area contributed by atoms with Crippen molar-refractivity contribution >= 4 is 33.0 Å². The minimum atomic E-state index is -3.96. The fraction of sp³-hybridized carbons (Fsp3) is 0.387. The van der Waals surface area contributed by atoms with E-state index in [1.54, 1.807) is 0 Å². The lowest BCUT2D eigenvalue weighted by Gasteiger charge is -2.47. The van der Waals surface area contributed by atoms with Crippen LogP contribution in [0.1, 0.15) is 48.5 Å². The lowest BCUT2D eigenvalue weighted by atomic mass is 9.69. The molecule has 11 heteroatoms. The summed E-state index contributed by atoms with van der Waals surface area (Å²) < 4.78 is 69.0. The van der Waals surface area contributed by atoms with Gasteiger partial charge in [0, 0.05) is 35.8 Å². The van der Waals surface area contributed by atoms with Gasteiger partial charge in [0.25, 0.3) is 5.91 Å². The van der Waals surface area contributed by atoms with Crippen molar-refractivity contribution in [1.82, 2.24) is 5.06 Å². The van der Waals surface area contributed by atoms with Gasteiger partial charge in [-0.25, -0.2) is 21.6 Å². The molecule has 1 aliphatic heterocycles. The van der Waals surface area contributed by atoms with Gasteiger partial charge in [-0.1, -0.05) is 48.9 Å². The third-order valence-corrected chi connectivity index (χ3v) is 12.1. The van der Waals surface area contributed by atoms with Crippen LogP contribution in [0.3, 0.4) is 0 Å². The number of hydrogen-bond acceptors (Lipinski definition) is 5. The third-order valence-electron chi connectivity index (χ3n) is 9.23. The Morgan fingerprint density at radius 1 is 1.02 bits per heavy atom. The molecule has 5 atom stereocenters. The molecule has 6 nitrogen and oxygen atoms in total. The Kier molecular flexibility index (Phi) is 7.62. The summed E-state index contributed by atoms with van der Waals surface area (Å²) in [6, 6.07) is 15.2. The van der Waals surface area contributed by atoms with Crippen LogP contribution >= 0.6 is 11.6 Å². The molecule has 3 aromatic carbocycles. The monoisotopic (exact) mass is 618 g/mol.